The molecule has 0 spiro atoms. The highest BCUT2D eigenvalue weighted by Gasteiger charge is 2.41. The van der Waals surface area contributed by atoms with Gasteiger partial charge in [0.15, 0.2) is 0 Å². The van der Waals surface area contributed by atoms with E-state index in [9.17, 15) is 5.11 Å². The summed E-state index contributed by atoms with van der Waals surface area (Å²) in [4.78, 5) is 0. The maximum absolute atomic E-state index is 9.62. The third kappa shape index (κ3) is 3.45. The first-order valence-corrected chi connectivity index (χ1v) is 6.74. The van der Waals surface area contributed by atoms with E-state index < -0.39 is 0 Å². The Kier molecular flexibility index (Phi) is 5.01. The summed E-state index contributed by atoms with van der Waals surface area (Å²) in [5.41, 5.74) is 1.08. The molecule has 1 N–H and O–H groups in total. The van der Waals surface area contributed by atoms with E-state index in [-0.39, 0.29) is 18.3 Å². The largest absolute Gasteiger partial charge is 0.390 e. The molecule has 3 unspecified atom stereocenters. The van der Waals surface area contributed by atoms with Crippen LogP contribution in [-0.4, -0.2) is 30.0 Å². The van der Waals surface area contributed by atoms with E-state index in [1.54, 1.807) is 0 Å². The lowest BCUT2D eigenvalue weighted by molar-refractivity contribution is -0.196. The monoisotopic (exact) mass is 270 g/mol. The van der Waals surface area contributed by atoms with E-state index in [0.29, 0.717) is 19.6 Å². The highest BCUT2D eigenvalue weighted by atomic mass is 35.5. The smallest absolute Gasteiger partial charge is 0.110 e. The quantitative estimate of drug-likeness (QED) is 0.864. The molecule has 100 valence electrons. The average molecular weight is 271 g/mol. The van der Waals surface area contributed by atoms with Crippen LogP contribution in [-0.2, 0) is 16.1 Å². The standard InChI is InChI=1S/C14H19ClO3/c1-2-7-17-14-12(16)8-13(14)18-9-10-3-5-11(15)6-4-10/h3-6,12-14,16H,2,7-9H2,1H3. The molecule has 3 atom stereocenters. The summed E-state index contributed by atoms with van der Waals surface area (Å²) in [5, 5.41) is 10.3. The van der Waals surface area contributed by atoms with Crippen LogP contribution in [0.1, 0.15) is 25.3 Å². The van der Waals surface area contributed by atoms with Gasteiger partial charge in [-0.25, -0.2) is 0 Å². The molecule has 2 rings (SSSR count). The molecule has 18 heavy (non-hydrogen) atoms. The lowest BCUT2D eigenvalue weighted by Crippen LogP contribution is -2.53. The molecule has 0 aromatic heterocycles. The zero-order valence-electron chi connectivity index (χ0n) is 10.5. The zero-order chi connectivity index (χ0) is 13.0. The molecule has 4 heteroatoms. The van der Waals surface area contributed by atoms with Crippen molar-refractivity contribution in [3.63, 3.8) is 0 Å². The summed E-state index contributed by atoms with van der Waals surface area (Å²) in [6.45, 7) is 3.25. The molecule has 1 aromatic carbocycles. The van der Waals surface area contributed by atoms with Gasteiger partial charge in [0.25, 0.3) is 0 Å². The number of halogens is 1. The summed E-state index contributed by atoms with van der Waals surface area (Å²) >= 11 is 5.82. The number of hydrogen-bond acceptors (Lipinski definition) is 3. The van der Waals surface area contributed by atoms with Gasteiger partial charge in [-0.15, -0.1) is 0 Å². The Bertz CT molecular complexity index is 366. The molecule has 0 saturated heterocycles. The number of benzene rings is 1. The second kappa shape index (κ2) is 6.53. The minimum absolute atomic E-state index is 0.00206. The normalized spacial score (nSPS) is 26.9. The lowest BCUT2D eigenvalue weighted by Gasteiger charge is -2.40. The van der Waals surface area contributed by atoms with Gasteiger partial charge in [0.05, 0.1) is 18.8 Å². The first kappa shape index (κ1) is 13.8. The van der Waals surface area contributed by atoms with Crippen molar-refractivity contribution in [2.75, 3.05) is 6.61 Å². The van der Waals surface area contributed by atoms with Gasteiger partial charge < -0.3 is 14.6 Å². The van der Waals surface area contributed by atoms with Crippen molar-refractivity contribution in [3.05, 3.63) is 34.9 Å². The number of rotatable bonds is 6. The molecular weight excluding hydrogens is 252 g/mol. The van der Waals surface area contributed by atoms with E-state index in [2.05, 4.69) is 6.92 Å². The van der Waals surface area contributed by atoms with Crippen LogP contribution in [0, 0.1) is 0 Å². The molecule has 0 aliphatic heterocycles. The average Bonchev–Trinajstić information content (AvgIpc) is 2.36. The molecule has 0 heterocycles. The predicted molar refractivity (Wildman–Crippen MR) is 70.7 cm³/mol. The van der Waals surface area contributed by atoms with Crippen LogP contribution in [0.3, 0.4) is 0 Å². The fourth-order valence-corrected chi connectivity index (χ4v) is 2.10. The highest BCUT2D eigenvalue weighted by molar-refractivity contribution is 6.30. The SMILES string of the molecule is CCCOC1C(O)CC1OCc1ccc(Cl)cc1. The summed E-state index contributed by atoms with van der Waals surface area (Å²) < 4.78 is 11.3. The van der Waals surface area contributed by atoms with Crippen molar-refractivity contribution in [2.24, 2.45) is 0 Å². The zero-order valence-corrected chi connectivity index (χ0v) is 11.3. The Morgan fingerprint density at radius 3 is 2.61 bits per heavy atom. The number of hydrogen-bond donors (Lipinski definition) is 1. The second-order valence-corrected chi connectivity index (χ2v) is 5.05. The van der Waals surface area contributed by atoms with Crippen LogP contribution < -0.4 is 0 Å². The van der Waals surface area contributed by atoms with Gasteiger partial charge in [-0.2, -0.15) is 0 Å². The number of aliphatic hydroxyl groups is 1. The second-order valence-electron chi connectivity index (χ2n) is 4.61. The van der Waals surface area contributed by atoms with E-state index in [1.807, 2.05) is 24.3 Å². The lowest BCUT2D eigenvalue weighted by atomic mass is 9.88. The predicted octanol–water partition coefficient (Wildman–Crippen LogP) is 2.79. The Labute approximate surface area is 113 Å². The Morgan fingerprint density at radius 2 is 2.00 bits per heavy atom. The highest BCUT2D eigenvalue weighted by Crippen LogP contribution is 2.28. The molecule has 0 amide bonds. The fraction of sp³-hybridized carbons (Fsp3) is 0.571. The molecule has 0 radical (unpaired) electrons. The Hall–Kier alpha value is -0.610. The topological polar surface area (TPSA) is 38.7 Å². The van der Waals surface area contributed by atoms with Gasteiger partial charge in [-0.1, -0.05) is 30.7 Å². The molecular formula is C14H19ClO3. The Morgan fingerprint density at radius 1 is 1.28 bits per heavy atom. The summed E-state index contributed by atoms with van der Waals surface area (Å²) in [6.07, 6.45) is 1.06. The van der Waals surface area contributed by atoms with Gasteiger partial charge in [-0.3, -0.25) is 0 Å². The third-order valence-electron chi connectivity index (χ3n) is 3.11. The van der Waals surface area contributed by atoms with Crippen molar-refractivity contribution in [2.45, 2.75) is 44.7 Å². The van der Waals surface area contributed by atoms with Crippen LogP contribution >= 0.6 is 11.6 Å². The number of ether oxygens (including phenoxy) is 2. The molecule has 0 bridgehead atoms. The van der Waals surface area contributed by atoms with Crippen molar-refractivity contribution in [1.29, 1.82) is 0 Å². The summed E-state index contributed by atoms with van der Waals surface area (Å²) in [5.74, 6) is 0. The third-order valence-corrected chi connectivity index (χ3v) is 3.36. The van der Waals surface area contributed by atoms with Crippen LogP contribution in [0.5, 0.6) is 0 Å². The van der Waals surface area contributed by atoms with Crippen LogP contribution in [0.25, 0.3) is 0 Å². The fourth-order valence-electron chi connectivity index (χ4n) is 1.98. The molecule has 1 aliphatic rings. The van der Waals surface area contributed by atoms with E-state index >= 15 is 0 Å². The van der Waals surface area contributed by atoms with Gasteiger partial charge in [0, 0.05) is 18.1 Å². The molecule has 1 saturated carbocycles. The summed E-state index contributed by atoms with van der Waals surface area (Å²) in [6, 6.07) is 7.58. The number of aliphatic hydroxyl groups excluding tert-OH is 1. The van der Waals surface area contributed by atoms with Gasteiger partial charge in [-0.05, 0) is 24.1 Å². The summed E-state index contributed by atoms with van der Waals surface area (Å²) in [7, 11) is 0. The first-order chi connectivity index (χ1) is 8.70. The van der Waals surface area contributed by atoms with Gasteiger partial charge >= 0.3 is 0 Å². The van der Waals surface area contributed by atoms with E-state index in [1.165, 1.54) is 0 Å². The molecule has 1 aliphatic carbocycles. The maximum atomic E-state index is 9.62. The van der Waals surface area contributed by atoms with E-state index in [0.717, 1.165) is 17.0 Å². The molecule has 1 aromatic rings. The van der Waals surface area contributed by atoms with Gasteiger partial charge in [0.1, 0.15) is 6.10 Å². The van der Waals surface area contributed by atoms with Crippen molar-refractivity contribution in [1.82, 2.24) is 0 Å². The van der Waals surface area contributed by atoms with Gasteiger partial charge in [0.2, 0.25) is 0 Å². The van der Waals surface area contributed by atoms with Crippen molar-refractivity contribution >= 4 is 11.6 Å². The van der Waals surface area contributed by atoms with Crippen LogP contribution in [0.15, 0.2) is 24.3 Å². The Balaban J connectivity index is 1.78. The minimum atomic E-state index is -0.383. The van der Waals surface area contributed by atoms with Crippen molar-refractivity contribution in [3.8, 4) is 0 Å². The van der Waals surface area contributed by atoms with Crippen LogP contribution in [0.2, 0.25) is 5.02 Å². The van der Waals surface area contributed by atoms with Crippen LogP contribution in [0.4, 0.5) is 0 Å². The maximum Gasteiger partial charge on any atom is 0.110 e. The minimum Gasteiger partial charge on any atom is -0.390 e. The molecule has 3 nitrogen and oxygen atoms in total. The van der Waals surface area contributed by atoms with E-state index in [4.69, 9.17) is 21.1 Å². The van der Waals surface area contributed by atoms with Crippen molar-refractivity contribution < 1.29 is 14.6 Å². The molecule has 1 fully saturated rings. The first-order valence-electron chi connectivity index (χ1n) is 6.36.